The summed E-state index contributed by atoms with van der Waals surface area (Å²) in [5, 5.41) is 0. The van der Waals surface area contributed by atoms with Gasteiger partial charge in [-0.25, -0.2) is 4.79 Å². The highest BCUT2D eigenvalue weighted by molar-refractivity contribution is 7.87. The first-order valence-electron chi connectivity index (χ1n) is 3.86. The number of ether oxygens (including phenoxy) is 1. The van der Waals surface area contributed by atoms with E-state index in [-0.39, 0.29) is 5.57 Å². The Balaban J connectivity index is 4.02. The van der Waals surface area contributed by atoms with Crippen LogP contribution in [0.3, 0.4) is 0 Å². The summed E-state index contributed by atoms with van der Waals surface area (Å²) in [5.41, 5.74) is -5.44. The Hall–Kier alpha value is -1.09. The maximum atomic E-state index is 11.7. The van der Waals surface area contributed by atoms with Gasteiger partial charge in [-0.3, -0.25) is 4.18 Å². The molecule has 0 aromatic heterocycles. The first kappa shape index (κ1) is 14.9. The standard InChI is InChI=1S/C7H9F3O5S/c1-5(2)6(11)14-3-4-15-16(12,13)7(8,9)10/h1,3-4H2,2H3. The summed E-state index contributed by atoms with van der Waals surface area (Å²) >= 11 is 0. The maximum absolute atomic E-state index is 11.7. The van der Waals surface area contributed by atoms with E-state index in [2.05, 4.69) is 15.5 Å². The highest BCUT2D eigenvalue weighted by Gasteiger charge is 2.47. The summed E-state index contributed by atoms with van der Waals surface area (Å²) in [5.74, 6) is -0.840. The minimum Gasteiger partial charge on any atom is -0.460 e. The summed E-state index contributed by atoms with van der Waals surface area (Å²) in [6.07, 6.45) is 0. The van der Waals surface area contributed by atoms with Crippen LogP contribution in [0.1, 0.15) is 6.92 Å². The largest absolute Gasteiger partial charge is 0.523 e. The Kier molecular flexibility index (Phi) is 4.94. The minimum absolute atomic E-state index is 0.0404. The second kappa shape index (κ2) is 5.30. The molecule has 0 heterocycles. The lowest BCUT2D eigenvalue weighted by Crippen LogP contribution is -2.27. The van der Waals surface area contributed by atoms with Crippen LogP contribution in [0.2, 0.25) is 0 Å². The minimum atomic E-state index is -5.63. The molecule has 0 amide bonds. The van der Waals surface area contributed by atoms with Crippen molar-refractivity contribution in [2.24, 2.45) is 0 Å². The summed E-state index contributed by atoms with van der Waals surface area (Å²) in [6.45, 7) is 3.03. The summed E-state index contributed by atoms with van der Waals surface area (Å²) in [7, 11) is -5.63. The lowest BCUT2D eigenvalue weighted by atomic mass is 10.4. The van der Waals surface area contributed by atoms with E-state index in [4.69, 9.17) is 0 Å². The first-order chi connectivity index (χ1) is 7.08. The highest BCUT2D eigenvalue weighted by atomic mass is 32.2. The molecule has 94 valence electrons. The molecular formula is C7H9F3O5S. The van der Waals surface area contributed by atoms with E-state index in [1.807, 2.05) is 0 Å². The van der Waals surface area contributed by atoms with Gasteiger partial charge in [0.05, 0.1) is 0 Å². The summed E-state index contributed by atoms with van der Waals surface area (Å²) in [4.78, 5) is 10.7. The van der Waals surface area contributed by atoms with Crippen molar-refractivity contribution in [3.63, 3.8) is 0 Å². The lowest BCUT2D eigenvalue weighted by Gasteiger charge is -2.08. The molecule has 16 heavy (non-hydrogen) atoms. The average molecular weight is 262 g/mol. The molecule has 0 saturated heterocycles. The Morgan fingerprint density at radius 3 is 2.19 bits per heavy atom. The van der Waals surface area contributed by atoms with E-state index in [9.17, 15) is 26.4 Å². The molecule has 0 aromatic carbocycles. The van der Waals surface area contributed by atoms with E-state index in [0.717, 1.165) is 0 Å². The molecule has 0 rings (SSSR count). The van der Waals surface area contributed by atoms with Gasteiger partial charge in [-0.05, 0) is 6.92 Å². The Labute approximate surface area is 90.0 Å². The maximum Gasteiger partial charge on any atom is 0.523 e. The molecule has 0 bridgehead atoms. The number of carbonyl (C=O) groups excluding carboxylic acids is 1. The van der Waals surface area contributed by atoms with Crippen molar-refractivity contribution < 1.29 is 35.3 Å². The van der Waals surface area contributed by atoms with E-state index >= 15 is 0 Å². The molecule has 0 aromatic rings. The van der Waals surface area contributed by atoms with Crippen LogP contribution >= 0.6 is 0 Å². The fourth-order valence-electron chi connectivity index (χ4n) is 0.468. The van der Waals surface area contributed by atoms with Crippen LogP contribution in [0.15, 0.2) is 12.2 Å². The fraction of sp³-hybridized carbons (Fsp3) is 0.571. The molecule has 0 radical (unpaired) electrons. The molecule has 0 aliphatic heterocycles. The van der Waals surface area contributed by atoms with Gasteiger partial charge in [-0.15, -0.1) is 0 Å². The molecule has 5 nitrogen and oxygen atoms in total. The predicted molar refractivity (Wildman–Crippen MR) is 46.7 cm³/mol. The zero-order valence-electron chi connectivity index (χ0n) is 8.20. The Bertz CT molecular complexity index is 370. The number of esters is 1. The van der Waals surface area contributed by atoms with Crippen LogP contribution < -0.4 is 0 Å². The van der Waals surface area contributed by atoms with Crippen molar-refractivity contribution in [3.8, 4) is 0 Å². The zero-order valence-corrected chi connectivity index (χ0v) is 9.02. The normalized spacial score (nSPS) is 12.2. The van der Waals surface area contributed by atoms with Crippen molar-refractivity contribution in [2.75, 3.05) is 13.2 Å². The Morgan fingerprint density at radius 2 is 1.81 bits per heavy atom. The zero-order chi connectivity index (χ0) is 13.0. The average Bonchev–Trinajstić information content (AvgIpc) is 2.09. The number of carbonyl (C=O) groups is 1. The summed E-state index contributed by atoms with van der Waals surface area (Å²) in [6, 6.07) is 0. The summed E-state index contributed by atoms with van der Waals surface area (Å²) < 4.78 is 63.7. The van der Waals surface area contributed by atoms with Gasteiger partial charge in [-0.1, -0.05) is 6.58 Å². The van der Waals surface area contributed by atoms with E-state index < -0.39 is 34.8 Å². The molecule has 0 aliphatic carbocycles. The topological polar surface area (TPSA) is 69.7 Å². The van der Waals surface area contributed by atoms with E-state index in [0.29, 0.717) is 0 Å². The van der Waals surface area contributed by atoms with Gasteiger partial charge in [0.1, 0.15) is 13.2 Å². The van der Waals surface area contributed by atoms with Crippen LogP contribution in [0.4, 0.5) is 13.2 Å². The second-order valence-electron chi connectivity index (χ2n) is 2.64. The van der Waals surface area contributed by atoms with Gasteiger partial charge in [-0.2, -0.15) is 21.6 Å². The van der Waals surface area contributed by atoms with E-state index in [1.54, 1.807) is 0 Å². The van der Waals surface area contributed by atoms with Crippen molar-refractivity contribution in [1.29, 1.82) is 0 Å². The molecule has 0 N–H and O–H groups in total. The monoisotopic (exact) mass is 262 g/mol. The smallest absolute Gasteiger partial charge is 0.460 e. The third kappa shape index (κ3) is 4.62. The van der Waals surface area contributed by atoms with Gasteiger partial charge >= 0.3 is 21.6 Å². The molecule has 0 saturated carbocycles. The molecule has 0 aliphatic rings. The van der Waals surface area contributed by atoms with Crippen LogP contribution in [-0.2, 0) is 23.8 Å². The number of hydrogen-bond acceptors (Lipinski definition) is 5. The predicted octanol–water partition coefficient (Wildman–Crippen LogP) is 0.972. The highest BCUT2D eigenvalue weighted by Crippen LogP contribution is 2.24. The number of rotatable bonds is 5. The van der Waals surface area contributed by atoms with Crippen LogP contribution in [0.25, 0.3) is 0 Å². The number of halogens is 3. The molecule has 0 atom stereocenters. The molecule has 0 unspecified atom stereocenters. The molecular weight excluding hydrogens is 253 g/mol. The van der Waals surface area contributed by atoms with Crippen LogP contribution in [0, 0.1) is 0 Å². The van der Waals surface area contributed by atoms with Gasteiger partial charge in [0.2, 0.25) is 0 Å². The number of alkyl halides is 3. The SMILES string of the molecule is C=C(C)C(=O)OCCOS(=O)(=O)C(F)(F)F. The van der Waals surface area contributed by atoms with Crippen molar-refractivity contribution in [3.05, 3.63) is 12.2 Å². The van der Waals surface area contributed by atoms with Crippen molar-refractivity contribution >= 4 is 16.1 Å². The molecule has 9 heteroatoms. The Morgan fingerprint density at radius 1 is 1.31 bits per heavy atom. The van der Waals surface area contributed by atoms with Crippen LogP contribution in [-0.4, -0.2) is 33.1 Å². The second-order valence-corrected chi connectivity index (χ2v) is 4.24. The molecule has 0 spiro atoms. The van der Waals surface area contributed by atoms with Crippen LogP contribution in [0.5, 0.6) is 0 Å². The quantitative estimate of drug-likeness (QED) is 0.243. The van der Waals surface area contributed by atoms with Gasteiger partial charge < -0.3 is 4.74 Å². The van der Waals surface area contributed by atoms with Crippen molar-refractivity contribution in [1.82, 2.24) is 0 Å². The lowest BCUT2D eigenvalue weighted by molar-refractivity contribution is -0.139. The van der Waals surface area contributed by atoms with Gasteiger partial charge in [0.25, 0.3) is 0 Å². The van der Waals surface area contributed by atoms with E-state index in [1.165, 1.54) is 6.92 Å². The third-order valence-corrected chi connectivity index (χ3v) is 2.23. The molecule has 0 fully saturated rings. The third-order valence-electron chi connectivity index (χ3n) is 1.19. The number of hydrogen-bond donors (Lipinski definition) is 0. The van der Waals surface area contributed by atoms with Gasteiger partial charge in [0.15, 0.2) is 0 Å². The van der Waals surface area contributed by atoms with Gasteiger partial charge in [0, 0.05) is 5.57 Å². The fourth-order valence-corrected chi connectivity index (χ4v) is 0.889. The van der Waals surface area contributed by atoms with Crippen molar-refractivity contribution in [2.45, 2.75) is 12.4 Å². The first-order valence-corrected chi connectivity index (χ1v) is 5.27.